The van der Waals surface area contributed by atoms with Crippen molar-refractivity contribution >= 4 is 32.7 Å². The lowest BCUT2D eigenvalue weighted by molar-refractivity contribution is -0.125. The van der Waals surface area contributed by atoms with Crippen LogP contribution < -0.4 is 10.2 Å². The van der Waals surface area contributed by atoms with Crippen molar-refractivity contribution in [3.63, 3.8) is 0 Å². The molecule has 0 aliphatic carbocycles. The van der Waals surface area contributed by atoms with Crippen LogP contribution in [0.1, 0.15) is 24.0 Å². The van der Waals surface area contributed by atoms with E-state index in [9.17, 15) is 13.2 Å². The van der Waals surface area contributed by atoms with Crippen LogP contribution in [0.2, 0.25) is 0 Å². The Kier molecular flexibility index (Phi) is 7.22. The van der Waals surface area contributed by atoms with Gasteiger partial charge in [0.25, 0.3) is 0 Å². The molecule has 36 heavy (non-hydrogen) atoms. The molecule has 1 atom stereocenters. The Bertz CT molecular complexity index is 1350. The maximum atomic E-state index is 13.0. The number of morpholine rings is 1. The average Bonchev–Trinajstić information content (AvgIpc) is 2.91. The van der Waals surface area contributed by atoms with E-state index in [0.717, 1.165) is 41.7 Å². The first kappa shape index (κ1) is 24.7. The number of carbonyl (C=O) groups excluding carboxylic acids is 1. The van der Waals surface area contributed by atoms with Crippen LogP contribution in [0.25, 0.3) is 10.9 Å². The van der Waals surface area contributed by atoms with E-state index in [2.05, 4.69) is 16.3 Å². The molecule has 8 nitrogen and oxygen atoms in total. The zero-order valence-electron chi connectivity index (χ0n) is 20.5. The number of amides is 1. The largest absolute Gasteiger partial charge is 0.379 e. The summed E-state index contributed by atoms with van der Waals surface area (Å²) in [6.07, 6.45) is 1.77. The van der Waals surface area contributed by atoms with Gasteiger partial charge in [-0.2, -0.15) is 4.31 Å². The number of aryl methyl sites for hydroxylation is 1. The molecule has 2 saturated heterocycles. The molecule has 2 aliphatic heterocycles. The third-order valence-electron chi connectivity index (χ3n) is 6.92. The number of hydrogen-bond donors (Lipinski definition) is 1. The number of nitrogens with zero attached hydrogens (tertiary/aromatic N) is 3. The molecule has 9 heteroatoms. The van der Waals surface area contributed by atoms with Gasteiger partial charge in [0.2, 0.25) is 15.9 Å². The van der Waals surface area contributed by atoms with Crippen LogP contribution in [-0.2, 0) is 26.1 Å². The predicted octanol–water partition coefficient (Wildman–Crippen LogP) is 3.10. The third-order valence-corrected chi connectivity index (χ3v) is 8.81. The predicted molar refractivity (Wildman–Crippen MR) is 139 cm³/mol. The molecule has 190 valence electrons. The van der Waals surface area contributed by atoms with E-state index in [0.29, 0.717) is 39.4 Å². The molecule has 0 spiro atoms. The van der Waals surface area contributed by atoms with Crippen LogP contribution in [-0.4, -0.2) is 63.0 Å². The summed E-state index contributed by atoms with van der Waals surface area (Å²) in [5.41, 5.74) is 3.01. The number of anilines is 1. The van der Waals surface area contributed by atoms with Gasteiger partial charge in [-0.1, -0.05) is 29.8 Å². The number of aromatic nitrogens is 1. The smallest absolute Gasteiger partial charge is 0.243 e. The first-order valence-corrected chi connectivity index (χ1v) is 13.9. The van der Waals surface area contributed by atoms with E-state index >= 15 is 0 Å². The SMILES string of the molecule is Cc1cccc(CNC(=O)[C@@H]2CCCN(c3ccc4cc(S(=O)(=O)N5CCOCC5)ccc4n3)C2)c1. The number of fused-ring (bicyclic) bond motifs is 1. The Hall–Kier alpha value is -3.01. The Morgan fingerprint density at radius 1 is 1.08 bits per heavy atom. The van der Waals surface area contributed by atoms with Crippen LogP contribution in [0.5, 0.6) is 0 Å². The summed E-state index contributed by atoms with van der Waals surface area (Å²) in [6, 6.07) is 17.1. The molecule has 0 bridgehead atoms. The van der Waals surface area contributed by atoms with Crippen LogP contribution in [0.3, 0.4) is 0 Å². The lowest BCUT2D eigenvalue weighted by Crippen LogP contribution is -2.43. The van der Waals surface area contributed by atoms with Crippen LogP contribution >= 0.6 is 0 Å². The molecule has 1 N–H and O–H groups in total. The fourth-order valence-corrected chi connectivity index (χ4v) is 6.36. The number of sulfonamides is 1. The fourth-order valence-electron chi connectivity index (χ4n) is 4.92. The number of benzene rings is 2. The molecule has 2 aromatic carbocycles. The molecule has 0 unspecified atom stereocenters. The van der Waals surface area contributed by atoms with Crippen molar-refractivity contribution in [3.05, 3.63) is 65.7 Å². The highest BCUT2D eigenvalue weighted by atomic mass is 32.2. The van der Waals surface area contributed by atoms with E-state index < -0.39 is 10.0 Å². The summed E-state index contributed by atoms with van der Waals surface area (Å²) >= 11 is 0. The minimum absolute atomic E-state index is 0.0694. The third kappa shape index (κ3) is 5.38. The minimum Gasteiger partial charge on any atom is -0.379 e. The summed E-state index contributed by atoms with van der Waals surface area (Å²) in [7, 11) is -3.56. The number of ether oxygens (including phenoxy) is 1. The summed E-state index contributed by atoms with van der Waals surface area (Å²) in [6.45, 7) is 5.59. The van der Waals surface area contributed by atoms with Gasteiger partial charge >= 0.3 is 0 Å². The summed E-state index contributed by atoms with van der Waals surface area (Å²) in [5, 5.41) is 3.87. The van der Waals surface area contributed by atoms with Crippen molar-refractivity contribution in [2.45, 2.75) is 31.2 Å². The Morgan fingerprint density at radius 2 is 1.92 bits per heavy atom. The van der Waals surface area contributed by atoms with E-state index in [1.807, 2.05) is 37.3 Å². The number of pyridine rings is 1. The topological polar surface area (TPSA) is 91.8 Å². The van der Waals surface area contributed by atoms with Crippen molar-refractivity contribution in [2.24, 2.45) is 5.92 Å². The lowest BCUT2D eigenvalue weighted by atomic mass is 9.97. The maximum absolute atomic E-state index is 13.0. The zero-order chi connectivity index (χ0) is 25.1. The molecule has 0 radical (unpaired) electrons. The summed E-state index contributed by atoms with van der Waals surface area (Å²) in [4.78, 5) is 20.1. The van der Waals surface area contributed by atoms with Gasteiger partial charge < -0.3 is 15.0 Å². The van der Waals surface area contributed by atoms with Gasteiger partial charge in [-0.25, -0.2) is 13.4 Å². The second-order valence-corrected chi connectivity index (χ2v) is 11.5. The first-order chi connectivity index (χ1) is 17.4. The standard InChI is InChI=1S/C27H32N4O4S/c1-20-4-2-5-21(16-20)18-28-27(32)23-6-3-11-30(19-23)26-10-7-22-17-24(8-9-25(22)29-26)36(33,34)31-12-14-35-15-13-31/h2,4-5,7-10,16-17,23H,3,6,11-15,18-19H2,1H3,(H,28,32)/t23-/m1/s1. The summed E-state index contributed by atoms with van der Waals surface area (Å²) < 4.78 is 32.8. The zero-order valence-corrected chi connectivity index (χ0v) is 21.3. The maximum Gasteiger partial charge on any atom is 0.243 e. The van der Waals surface area contributed by atoms with Crippen LogP contribution in [0, 0.1) is 12.8 Å². The van der Waals surface area contributed by atoms with Crippen molar-refractivity contribution in [1.29, 1.82) is 0 Å². The molecule has 3 heterocycles. The quantitative estimate of drug-likeness (QED) is 0.550. The van der Waals surface area contributed by atoms with Gasteiger partial charge in [-0.15, -0.1) is 0 Å². The molecular weight excluding hydrogens is 476 g/mol. The van der Waals surface area contributed by atoms with Crippen molar-refractivity contribution in [3.8, 4) is 0 Å². The number of piperidine rings is 1. The van der Waals surface area contributed by atoms with Crippen molar-refractivity contribution in [2.75, 3.05) is 44.3 Å². The average molecular weight is 509 g/mol. The van der Waals surface area contributed by atoms with Gasteiger partial charge in [0.1, 0.15) is 5.82 Å². The van der Waals surface area contributed by atoms with Gasteiger partial charge in [-0.05, 0) is 55.7 Å². The van der Waals surface area contributed by atoms with Gasteiger partial charge in [0.15, 0.2) is 0 Å². The van der Waals surface area contributed by atoms with Gasteiger partial charge in [-0.3, -0.25) is 4.79 Å². The summed E-state index contributed by atoms with van der Waals surface area (Å²) in [5.74, 6) is 0.782. The highest BCUT2D eigenvalue weighted by Crippen LogP contribution is 2.27. The second kappa shape index (κ2) is 10.5. The Labute approximate surface area is 212 Å². The molecule has 1 aromatic heterocycles. The van der Waals surface area contributed by atoms with E-state index in [-0.39, 0.29) is 16.7 Å². The van der Waals surface area contributed by atoms with E-state index in [4.69, 9.17) is 9.72 Å². The lowest BCUT2D eigenvalue weighted by Gasteiger charge is -2.33. The van der Waals surface area contributed by atoms with Crippen molar-refractivity contribution < 1.29 is 17.9 Å². The monoisotopic (exact) mass is 508 g/mol. The molecular formula is C27H32N4O4S. The highest BCUT2D eigenvalue weighted by molar-refractivity contribution is 7.89. The number of carbonyl (C=O) groups is 1. The number of nitrogens with one attached hydrogen (secondary N) is 1. The fraction of sp³-hybridized carbons (Fsp3) is 0.407. The normalized spacial score (nSPS) is 19.4. The molecule has 0 saturated carbocycles. The Morgan fingerprint density at radius 3 is 2.72 bits per heavy atom. The molecule has 2 fully saturated rings. The first-order valence-electron chi connectivity index (χ1n) is 12.5. The molecule has 5 rings (SSSR count). The molecule has 1 amide bonds. The van der Waals surface area contributed by atoms with Crippen LogP contribution in [0.4, 0.5) is 5.82 Å². The van der Waals surface area contributed by atoms with E-state index in [1.165, 1.54) is 9.87 Å². The van der Waals surface area contributed by atoms with Crippen molar-refractivity contribution in [1.82, 2.24) is 14.6 Å². The number of rotatable bonds is 6. The molecule has 3 aromatic rings. The van der Waals surface area contributed by atoms with Gasteiger partial charge in [0, 0.05) is 38.1 Å². The van der Waals surface area contributed by atoms with E-state index in [1.54, 1.807) is 18.2 Å². The number of hydrogen-bond acceptors (Lipinski definition) is 6. The Balaban J connectivity index is 1.27. The molecule has 2 aliphatic rings. The van der Waals surface area contributed by atoms with Crippen LogP contribution in [0.15, 0.2) is 59.5 Å². The van der Waals surface area contributed by atoms with Gasteiger partial charge in [0.05, 0.1) is 29.5 Å². The second-order valence-electron chi connectivity index (χ2n) is 9.53. The highest BCUT2D eigenvalue weighted by Gasteiger charge is 2.28. The minimum atomic E-state index is -3.56.